The minimum Gasteiger partial charge on any atom is -0.497 e. The van der Waals surface area contributed by atoms with Gasteiger partial charge < -0.3 is 9.64 Å². The monoisotopic (exact) mass is 436 g/mol. The van der Waals surface area contributed by atoms with Gasteiger partial charge in [0.25, 0.3) is 11.6 Å². The fraction of sp³-hybridized carbons (Fsp3) is 0.263. The summed E-state index contributed by atoms with van der Waals surface area (Å²) < 4.78 is 6.15. The van der Waals surface area contributed by atoms with Crippen LogP contribution in [-0.4, -0.2) is 55.0 Å². The molecule has 0 atom stereocenters. The van der Waals surface area contributed by atoms with Gasteiger partial charge in [-0.3, -0.25) is 19.8 Å². The predicted octanol–water partition coefficient (Wildman–Crippen LogP) is 3.84. The maximum Gasteiger partial charge on any atom is 0.270 e. The van der Waals surface area contributed by atoms with Gasteiger partial charge in [0, 0.05) is 30.8 Å². The van der Waals surface area contributed by atoms with Crippen LogP contribution < -0.4 is 9.64 Å². The lowest BCUT2D eigenvalue weighted by Crippen LogP contribution is -2.36. The second-order valence-electron chi connectivity index (χ2n) is 6.40. The molecular weight excluding hydrogens is 416 g/mol. The lowest BCUT2D eigenvalue weighted by Gasteiger charge is -2.22. The number of hydrogen-bond acceptors (Lipinski definition) is 7. The number of carbonyl (C=O) groups excluding carboxylic acids is 1. The Hall–Kier alpha value is -2.75. The Bertz CT molecular complexity index is 1020. The van der Waals surface area contributed by atoms with Crippen LogP contribution >= 0.6 is 23.7 Å². The number of anilines is 1. The summed E-state index contributed by atoms with van der Waals surface area (Å²) in [5.41, 5.74) is 0.903. The van der Waals surface area contributed by atoms with Crippen LogP contribution in [0.25, 0.3) is 10.2 Å². The molecule has 2 aromatic carbocycles. The highest BCUT2D eigenvalue weighted by atomic mass is 35.5. The van der Waals surface area contributed by atoms with E-state index in [1.54, 1.807) is 18.1 Å². The number of nitro groups is 1. The number of aromatic nitrogens is 1. The Morgan fingerprint density at radius 1 is 1.21 bits per heavy atom. The molecular formula is C19H21ClN4O4S. The number of rotatable bonds is 7. The summed E-state index contributed by atoms with van der Waals surface area (Å²) in [4.78, 5) is 31.8. The van der Waals surface area contributed by atoms with E-state index in [2.05, 4.69) is 4.98 Å². The number of methoxy groups -OCH3 is 1. The summed E-state index contributed by atoms with van der Waals surface area (Å²) in [5.74, 6) is 0.393. The third-order valence-corrected chi connectivity index (χ3v) is 5.18. The van der Waals surface area contributed by atoms with Crippen molar-refractivity contribution < 1.29 is 14.5 Å². The Labute approximate surface area is 178 Å². The number of nitro benzene ring substituents is 1. The van der Waals surface area contributed by atoms with Gasteiger partial charge in [-0.15, -0.1) is 12.4 Å². The van der Waals surface area contributed by atoms with Crippen LogP contribution in [0.15, 0.2) is 42.5 Å². The number of carbonyl (C=O) groups is 1. The standard InChI is InChI=1S/C19H20N4O4S.ClH/c1-21(2)9-10-22(18(24)13-5-4-6-14(11-13)23(25)26)19-20-16-8-7-15(27-3)12-17(16)28-19;/h4-8,11-12H,9-10H2,1-3H3;1H. The highest BCUT2D eigenvalue weighted by Crippen LogP contribution is 2.32. The van der Waals surface area contributed by atoms with Crippen molar-refractivity contribution in [3.8, 4) is 5.75 Å². The maximum absolute atomic E-state index is 13.2. The number of likely N-dealkylation sites (N-methyl/N-ethyl adjacent to an activating group) is 1. The number of ether oxygens (including phenoxy) is 1. The molecule has 1 aromatic heterocycles. The molecule has 0 aliphatic rings. The lowest BCUT2D eigenvalue weighted by molar-refractivity contribution is -0.384. The molecule has 0 radical (unpaired) electrons. The molecule has 0 aliphatic carbocycles. The van der Waals surface area contributed by atoms with Crippen molar-refractivity contribution in [2.45, 2.75) is 0 Å². The fourth-order valence-electron chi connectivity index (χ4n) is 2.63. The zero-order chi connectivity index (χ0) is 20.3. The molecule has 10 heteroatoms. The van der Waals surface area contributed by atoms with Crippen molar-refractivity contribution in [3.05, 3.63) is 58.1 Å². The van der Waals surface area contributed by atoms with Gasteiger partial charge in [-0.2, -0.15) is 0 Å². The average Bonchev–Trinajstić information content (AvgIpc) is 3.10. The number of thiazole rings is 1. The normalized spacial score (nSPS) is 10.6. The van der Waals surface area contributed by atoms with Gasteiger partial charge in [0.05, 0.1) is 22.2 Å². The van der Waals surface area contributed by atoms with Crippen LogP contribution in [0.4, 0.5) is 10.8 Å². The van der Waals surface area contributed by atoms with Crippen molar-refractivity contribution >= 4 is 50.7 Å². The number of halogens is 1. The molecule has 0 unspecified atom stereocenters. The minimum atomic E-state index is -0.509. The first-order valence-electron chi connectivity index (χ1n) is 8.54. The molecule has 1 heterocycles. The summed E-state index contributed by atoms with van der Waals surface area (Å²) in [6, 6.07) is 11.3. The van der Waals surface area contributed by atoms with Crippen LogP contribution in [-0.2, 0) is 0 Å². The summed E-state index contributed by atoms with van der Waals surface area (Å²) in [6.07, 6.45) is 0. The van der Waals surface area contributed by atoms with Crippen molar-refractivity contribution in [1.82, 2.24) is 9.88 Å². The molecule has 0 bridgehead atoms. The molecule has 0 saturated heterocycles. The van der Waals surface area contributed by atoms with E-state index < -0.39 is 4.92 Å². The van der Waals surface area contributed by atoms with Crippen LogP contribution in [0, 0.1) is 10.1 Å². The van der Waals surface area contributed by atoms with Gasteiger partial charge in [0.15, 0.2) is 5.13 Å². The highest BCUT2D eigenvalue weighted by molar-refractivity contribution is 7.22. The maximum atomic E-state index is 13.2. The van der Waals surface area contributed by atoms with Crippen LogP contribution in [0.1, 0.15) is 10.4 Å². The van der Waals surface area contributed by atoms with Crippen molar-refractivity contribution in [1.29, 1.82) is 0 Å². The quantitative estimate of drug-likeness (QED) is 0.413. The number of benzene rings is 2. The summed E-state index contributed by atoms with van der Waals surface area (Å²) in [7, 11) is 5.43. The topological polar surface area (TPSA) is 88.8 Å². The van der Waals surface area contributed by atoms with E-state index in [1.807, 2.05) is 37.2 Å². The molecule has 0 spiro atoms. The van der Waals surface area contributed by atoms with Gasteiger partial charge in [0.2, 0.25) is 0 Å². The zero-order valence-electron chi connectivity index (χ0n) is 16.2. The minimum absolute atomic E-state index is 0. The number of hydrogen-bond donors (Lipinski definition) is 0. The molecule has 0 N–H and O–H groups in total. The first kappa shape index (κ1) is 22.5. The van der Waals surface area contributed by atoms with E-state index in [0.717, 1.165) is 10.2 Å². The first-order valence-corrected chi connectivity index (χ1v) is 9.36. The molecule has 0 fully saturated rings. The van der Waals surface area contributed by atoms with Gasteiger partial charge in [-0.05, 0) is 38.4 Å². The second kappa shape index (κ2) is 9.64. The van der Waals surface area contributed by atoms with Gasteiger partial charge in [-0.1, -0.05) is 17.4 Å². The Morgan fingerprint density at radius 2 is 1.97 bits per heavy atom. The fourth-order valence-corrected chi connectivity index (χ4v) is 3.65. The Balaban J connectivity index is 0.00000300. The summed E-state index contributed by atoms with van der Waals surface area (Å²) in [5, 5.41) is 11.6. The van der Waals surface area contributed by atoms with E-state index in [-0.39, 0.29) is 29.6 Å². The molecule has 3 aromatic rings. The molecule has 3 rings (SSSR count). The van der Waals surface area contributed by atoms with Crippen molar-refractivity contribution in [3.63, 3.8) is 0 Å². The zero-order valence-corrected chi connectivity index (χ0v) is 17.8. The Morgan fingerprint density at radius 3 is 2.62 bits per heavy atom. The van der Waals surface area contributed by atoms with Crippen LogP contribution in [0.5, 0.6) is 5.75 Å². The molecule has 0 aliphatic heterocycles. The van der Waals surface area contributed by atoms with Crippen LogP contribution in [0.2, 0.25) is 0 Å². The van der Waals surface area contributed by atoms with E-state index in [4.69, 9.17) is 4.74 Å². The Kier molecular flexibility index (Phi) is 7.49. The predicted molar refractivity (Wildman–Crippen MR) is 117 cm³/mol. The molecule has 1 amide bonds. The van der Waals surface area contributed by atoms with Crippen LogP contribution in [0.3, 0.4) is 0 Å². The van der Waals surface area contributed by atoms with E-state index in [0.29, 0.717) is 24.0 Å². The third-order valence-electron chi connectivity index (χ3n) is 4.14. The molecule has 154 valence electrons. The van der Waals surface area contributed by atoms with E-state index in [9.17, 15) is 14.9 Å². The smallest absolute Gasteiger partial charge is 0.270 e. The SMILES string of the molecule is COc1ccc2nc(N(CCN(C)C)C(=O)c3cccc([N+](=O)[O-])c3)sc2c1.Cl. The second-order valence-corrected chi connectivity index (χ2v) is 7.41. The third kappa shape index (κ3) is 5.20. The van der Waals surface area contributed by atoms with Gasteiger partial charge in [-0.25, -0.2) is 4.98 Å². The molecule has 0 saturated carbocycles. The van der Waals surface area contributed by atoms with Gasteiger partial charge >= 0.3 is 0 Å². The van der Waals surface area contributed by atoms with Crippen molar-refractivity contribution in [2.24, 2.45) is 0 Å². The van der Waals surface area contributed by atoms with Gasteiger partial charge in [0.1, 0.15) is 5.75 Å². The first-order chi connectivity index (χ1) is 13.4. The van der Waals surface area contributed by atoms with E-state index >= 15 is 0 Å². The number of non-ortho nitro benzene ring substituents is 1. The molecule has 29 heavy (non-hydrogen) atoms. The van der Waals surface area contributed by atoms with Crippen molar-refractivity contribution in [2.75, 3.05) is 39.2 Å². The lowest BCUT2D eigenvalue weighted by atomic mass is 10.2. The van der Waals surface area contributed by atoms with E-state index in [1.165, 1.54) is 29.5 Å². The molecule has 8 nitrogen and oxygen atoms in total. The highest BCUT2D eigenvalue weighted by Gasteiger charge is 2.23. The summed E-state index contributed by atoms with van der Waals surface area (Å²) in [6.45, 7) is 1.03. The number of nitrogens with zero attached hydrogens (tertiary/aromatic N) is 4. The number of fused-ring (bicyclic) bond motifs is 1. The summed E-state index contributed by atoms with van der Waals surface area (Å²) >= 11 is 1.38. The number of amides is 1. The largest absolute Gasteiger partial charge is 0.497 e. The average molecular weight is 437 g/mol.